The Morgan fingerprint density at radius 2 is 2.19 bits per heavy atom. The Balaban J connectivity index is 2.12. The number of rotatable bonds is 3. The molecule has 0 aromatic carbocycles. The molecule has 7 heteroatoms. The van der Waals surface area contributed by atoms with E-state index in [0.717, 1.165) is 19.3 Å². The summed E-state index contributed by atoms with van der Waals surface area (Å²) in [4.78, 5) is 21.7. The molecule has 0 saturated carbocycles. The first-order chi connectivity index (χ1) is 9.99. The number of carbonyl (C=O) groups is 1. The Kier molecular flexibility index (Phi) is 5.22. The second-order valence-electron chi connectivity index (χ2n) is 5.29. The van der Waals surface area contributed by atoms with Gasteiger partial charge in [-0.1, -0.05) is 11.6 Å². The number of likely N-dealkylation sites (tertiary alicyclic amines) is 1. The van der Waals surface area contributed by atoms with Crippen molar-refractivity contribution < 1.29 is 14.3 Å². The summed E-state index contributed by atoms with van der Waals surface area (Å²) in [6.07, 6.45) is 3.14. The fourth-order valence-corrected chi connectivity index (χ4v) is 2.29. The molecule has 21 heavy (non-hydrogen) atoms. The van der Waals surface area contributed by atoms with Crippen molar-refractivity contribution in [1.82, 2.24) is 14.9 Å². The number of hydrogen-bond donors (Lipinski definition) is 0. The molecular weight excluding hydrogens is 294 g/mol. The van der Waals surface area contributed by atoms with Gasteiger partial charge in [0.1, 0.15) is 11.5 Å². The predicted molar refractivity (Wildman–Crippen MR) is 78.4 cm³/mol. The van der Waals surface area contributed by atoms with Gasteiger partial charge in [-0.05, 0) is 33.6 Å². The van der Waals surface area contributed by atoms with Crippen LogP contribution in [0.3, 0.4) is 0 Å². The van der Waals surface area contributed by atoms with E-state index in [9.17, 15) is 4.79 Å². The average Bonchev–Trinajstić information content (AvgIpc) is 2.43. The highest BCUT2D eigenvalue weighted by atomic mass is 35.5. The van der Waals surface area contributed by atoms with E-state index in [4.69, 9.17) is 21.1 Å². The first kappa shape index (κ1) is 15.8. The van der Waals surface area contributed by atoms with Crippen LogP contribution >= 0.6 is 11.6 Å². The van der Waals surface area contributed by atoms with E-state index in [2.05, 4.69) is 9.97 Å². The van der Waals surface area contributed by atoms with Crippen LogP contribution in [0.5, 0.6) is 5.88 Å². The van der Waals surface area contributed by atoms with E-state index in [1.807, 2.05) is 13.8 Å². The number of halogens is 1. The van der Waals surface area contributed by atoms with Crippen molar-refractivity contribution in [2.24, 2.45) is 0 Å². The summed E-state index contributed by atoms with van der Waals surface area (Å²) < 4.78 is 11.1. The molecular formula is C14H20ClN3O3. The van der Waals surface area contributed by atoms with E-state index in [1.54, 1.807) is 11.8 Å². The summed E-state index contributed by atoms with van der Waals surface area (Å²) in [5, 5.41) is 0.354. The van der Waals surface area contributed by atoms with Crippen molar-refractivity contribution >= 4 is 17.7 Å². The predicted octanol–water partition coefficient (Wildman–Crippen LogP) is 3.17. The molecule has 1 fully saturated rings. The van der Waals surface area contributed by atoms with E-state index in [-0.39, 0.29) is 18.4 Å². The van der Waals surface area contributed by atoms with Gasteiger partial charge >= 0.3 is 6.09 Å². The molecule has 0 aliphatic carbocycles. The van der Waals surface area contributed by atoms with Gasteiger partial charge in [0.2, 0.25) is 5.88 Å². The monoisotopic (exact) mass is 313 g/mol. The molecule has 116 valence electrons. The van der Waals surface area contributed by atoms with Gasteiger partial charge < -0.3 is 9.47 Å². The molecule has 1 aromatic rings. The second-order valence-corrected chi connectivity index (χ2v) is 5.65. The number of piperidine rings is 1. The Labute approximate surface area is 129 Å². The molecule has 1 aliphatic rings. The molecule has 0 radical (unpaired) electrons. The molecule has 2 heterocycles. The molecule has 0 N–H and O–H groups in total. The van der Waals surface area contributed by atoms with Crippen molar-refractivity contribution in [3.63, 3.8) is 0 Å². The minimum absolute atomic E-state index is 0.157. The minimum Gasteiger partial charge on any atom is -0.453 e. The van der Waals surface area contributed by atoms with Crippen LogP contribution in [-0.2, 0) is 4.74 Å². The molecule has 6 nitrogen and oxygen atoms in total. The van der Waals surface area contributed by atoms with Gasteiger partial charge in [0, 0.05) is 18.5 Å². The number of carbonyl (C=O) groups excluding carboxylic acids is 1. The highest BCUT2D eigenvalue weighted by molar-refractivity contribution is 6.30. The van der Waals surface area contributed by atoms with E-state index in [0.29, 0.717) is 23.1 Å². The van der Waals surface area contributed by atoms with Crippen molar-refractivity contribution in [3.05, 3.63) is 17.0 Å². The first-order valence-corrected chi connectivity index (χ1v) is 7.48. The molecule has 1 aromatic heterocycles. The van der Waals surface area contributed by atoms with Gasteiger partial charge in [-0.2, -0.15) is 0 Å². The Bertz CT molecular complexity index is 510. The fourth-order valence-electron chi connectivity index (χ4n) is 2.16. The number of nitrogens with zero attached hydrogens (tertiary/aromatic N) is 3. The quantitative estimate of drug-likeness (QED) is 0.802. The van der Waals surface area contributed by atoms with Gasteiger partial charge in [0.15, 0.2) is 6.23 Å². The first-order valence-electron chi connectivity index (χ1n) is 7.10. The molecule has 1 unspecified atom stereocenters. The molecule has 1 saturated heterocycles. The number of amides is 1. The van der Waals surface area contributed by atoms with Crippen molar-refractivity contribution in [2.75, 3.05) is 6.54 Å². The van der Waals surface area contributed by atoms with Crippen LogP contribution in [0.2, 0.25) is 5.15 Å². The van der Waals surface area contributed by atoms with E-state index in [1.165, 1.54) is 6.33 Å². The van der Waals surface area contributed by atoms with Gasteiger partial charge in [-0.15, -0.1) is 0 Å². The molecule has 1 amide bonds. The third kappa shape index (κ3) is 3.97. The number of aromatic nitrogens is 2. The smallest absolute Gasteiger partial charge is 0.412 e. The maximum Gasteiger partial charge on any atom is 0.412 e. The normalized spacial score (nSPS) is 18.7. The zero-order chi connectivity index (χ0) is 15.4. The van der Waals surface area contributed by atoms with Crippen LogP contribution in [0.1, 0.15) is 38.7 Å². The summed E-state index contributed by atoms with van der Waals surface area (Å²) in [6, 6.07) is 0. The van der Waals surface area contributed by atoms with Crippen LogP contribution in [0.25, 0.3) is 0 Å². The van der Waals surface area contributed by atoms with Gasteiger partial charge in [-0.25, -0.2) is 14.8 Å². The van der Waals surface area contributed by atoms with E-state index < -0.39 is 0 Å². The molecule has 2 rings (SSSR count). The molecule has 0 spiro atoms. The van der Waals surface area contributed by atoms with Crippen molar-refractivity contribution in [2.45, 2.75) is 52.4 Å². The van der Waals surface area contributed by atoms with Crippen LogP contribution in [0.15, 0.2) is 6.33 Å². The minimum atomic E-state index is -0.380. The molecule has 0 bridgehead atoms. The fraction of sp³-hybridized carbons (Fsp3) is 0.643. The second kappa shape index (κ2) is 6.93. The standard InChI is InChI=1S/C14H20ClN3O3/c1-9(2)20-14(19)18-7-5-4-6-11(18)21-13-10(3)12(15)16-8-17-13/h8-9,11H,4-7H2,1-3H3. The zero-order valence-corrected chi connectivity index (χ0v) is 13.3. The maximum atomic E-state index is 12.1. The lowest BCUT2D eigenvalue weighted by molar-refractivity contribution is -0.0166. The lowest BCUT2D eigenvalue weighted by Crippen LogP contribution is -2.47. The summed E-state index contributed by atoms with van der Waals surface area (Å²) in [5.41, 5.74) is 0.668. The van der Waals surface area contributed by atoms with Crippen molar-refractivity contribution in [1.29, 1.82) is 0 Å². The zero-order valence-electron chi connectivity index (χ0n) is 12.5. The Morgan fingerprint density at radius 1 is 1.43 bits per heavy atom. The number of hydrogen-bond acceptors (Lipinski definition) is 5. The Hall–Kier alpha value is -1.56. The topological polar surface area (TPSA) is 64.6 Å². The van der Waals surface area contributed by atoms with Crippen LogP contribution in [0, 0.1) is 6.92 Å². The van der Waals surface area contributed by atoms with Crippen LogP contribution < -0.4 is 4.74 Å². The average molecular weight is 314 g/mol. The summed E-state index contributed by atoms with van der Waals surface area (Å²) in [5.74, 6) is 0.407. The lowest BCUT2D eigenvalue weighted by Gasteiger charge is -2.35. The molecule has 1 atom stereocenters. The van der Waals surface area contributed by atoms with E-state index >= 15 is 0 Å². The summed E-state index contributed by atoms with van der Waals surface area (Å²) in [7, 11) is 0. The SMILES string of the molecule is Cc1c(Cl)ncnc1OC1CCCCN1C(=O)OC(C)C. The number of ether oxygens (including phenoxy) is 2. The summed E-state index contributed by atoms with van der Waals surface area (Å²) in [6.45, 7) is 6.06. The highest BCUT2D eigenvalue weighted by Crippen LogP contribution is 2.25. The van der Waals surface area contributed by atoms with Gasteiger partial charge in [0.25, 0.3) is 0 Å². The summed E-state index contributed by atoms with van der Waals surface area (Å²) >= 11 is 5.96. The Morgan fingerprint density at radius 3 is 2.90 bits per heavy atom. The third-order valence-corrected chi connectivity index (χ3v) is 3.62. The van der Waals surface area contributed by atoms with Gasteiger partial charge in [-0.3, -0.25) is 4.90 Å². The largest absolute Gasteiger partial charge is 0.453 e. The highest BCUT2D eigenvalue weighted by Gasteiger charge is 2.30. The van der Waals surface area contributed by atoms with Crippen LogP contribution in [0.4, 0.5) is 4.79 Å². The third-order valence-electron chi connectivity index (χ3n) is 3.24. The molecule has 1 aliphatic heterocycles. The van der Waals surface area contributed by atoms with Gasteiger partial charge in [0.05, 0.1) is 6.10 Å². The maximum absolute atomic E-state index is 12.1. The van der Waals surface area contributed by atoms with Crippen molar-refractivity contribution in [3.8, 4) is 5.88 Å². The van der Waals surface area contributed by atoms with Crippen LogP contribution in [-0.4, -0.2) is 39.8 Å². The lowest BCUT2D eigenvalue weighted by atomic mass is 10.1.